The van der Waals surface area contributed by atoms with Crippen molar-refractivity contribution < 1.29 is 19.4 Å². The maximum atomic E-state index is 12.5. The maximum Gasteiger partial charge on any atom is 0.407 e. The highest BCUT2D eigenvalue weighted by Crippen LogP contribution is 2.44. The number of nitrogens with one attached hydrogen (secondary N) is 1. The number of likely N-dealkylation sites (tertiary alicyclic amines) is 1. The minimum atomic E-state index is -0.814. The molecular weight excluding hydrogens is 392 g/mol. The number of aliphatic carboxylic acids is 1. The number of carboxylic acids is 1. The molecule has 1 saturated heterocycles. The first kappa shape index (κ1) is 21.4. The summed E-state index contributed by atoms with van der Waals surface area (Å²) in [6, 6.07) is 16.5. The maximum absolute atomic E-state index is 12.5. The van der Waals surface area contributed by atoms with Gasteiger partial charge in [-0.15, -0.1) is 0 Å². The number of amides is 1. The van der Waals surface area contributed by atoms with Gasteiger partial charge in [0.1, 0.15) is 6.61 Å². The topological polar surface area (TPSA) is 78.9 Å². The van der Waals surface area contributed by atoms with Crippen LogP contribution in [0.2, 0.25) is 0 Å². The number of benzene rings is 2. The van der Waals surface area contributed by atoms with E-state index in [9.17, 15) is 14.7 Å². The number of carbonyl (C=O) groups is 2. The lowest BCUT2D eigenvalue weighted by atomic mass is 9.91. The Kier molecular flexibility index (Phi) is 6.01. The molecule has 0 spiro atoms. The number of piperidine rings is 1. The number of carbonyl (C=O) groups excluding carboxylic acids is 1. The van der Waals surface area contributed by atoms with Crippen molar-refractivity contribution in [1.29, 1.82) is 0 Å². The molecule has 6 heteroatoms. The Hall–Kier alpha value is -2.86. The predicted octanol–water partition coefficient (Wildman–Crippen LogP) is 4.10. The third-order valence-electron chi connectivity index (χ3n) is 6.37. The van der Waals surface area contributed by atoms with E-state index in [1.165, 1.54) is 22.3 Å². The summed E-state index contributed by atoms with van der Waals surface area (Å²) in [6.45, 7) is 5.71. The zero-order chi connectivity index (χ0) is 22.0. The van der Waals surface area contributed by atoms with Crippen LogP contribution in [0.3, 0.4) is 0 Å². The van der Waals surface area contributed by atoms with Crippen molar-refractivity contribution in [2.75, 3.05) is 26.2 Å². The summed E-state index contributed by atoms with van der Waals surface area (Å²) in [4.78, 5) is 26.1. The Morgan fingerprint density at radius 1 is 1.10 bits per heavy atom. The number of rotatable bonds is 6. The molecule has 1 heterocycles. The third-order valence-corrected chi connectivity index (χ3v) is 6.37. The predicted molar refractivity (Wildman–Crippen MR) is 119 cm³/mol. The van der Waals surface area contributed by atoms with Gasteiger partial charge < -0.3 is 20.1 Å². The van der Waals surface area contributed by atoms with Crippen LogP contribution in [0.5, 0.6) is 0 Å². The van der Waals surface area contributed by atoms with Crippen LogP contribution in [-0.4, -0.2) is 54.4 Å². The molecule has 0 bridgehead atoms. The SMILES string of the molecule is CC(C)(CN1CCCC(NC(=O)OCC2c3ccccc3-c3ccccc32)C1)C(=O)O. The summed E-state index contributed by atoms with van der Waals surface area (Å²) < 4.78 is 5.65. The van der Waals surface area contributed by atoms with Crippen molar-refractivity contribution in [3.8, 4) is 11.1 Å². The Labute approximate surface area is 183 Å². The van der Waals surface area contributed by atoms with E-state index in [0.717, 1.165) is 19.4 Å². The molecule has 164 valence electrons. The third kappa shape index (κ3) is 4.59. The molecular formula is C25H30N2O4. The number of fused-ring (bicyclic) bond motifs is 3. The van der Waals surface area contributed by atoms with Crippen LogP contribution in [-0.2, 0) is 9.53 Å². The van der Waals surface area contributed by atoms with E-state index in [1.807, 2.05) is 24.3 Å². The number of nitrogens with zero attached hydrogens (tertiary/aromatic N) is 1. The molecule has 1 atom stereocenters. The number of carboxylic acid groups (broad SMARTS) is 1. The molecule has 1 amide bonds. The molecule has 2 N–H and O–H groups in total. The number of ether oxygens (including phenoxy) is 1. The van der Waals surface area contributed by atoms with Gasteiger partial charge in [-0.25, -0.2) is 4.79 Å². The molecule has 0 radical (unpaired) electrons. The lowest BCUT2D eigenvalue weighted by Gasteiger charge is -2.36. The van der Waals surface area contributed by atoms with Crippen molar-refractivity contribution in [2.24, 2.45) is 5.41 Å². The van der Waals surface area contributed by atoms with E-state index in [4.69, 9.17) is 4.74 Å². The van der Waals surface area contributed by atoms with Gasteiger partial charge in [0.05, 0.1) is 5.41 Å². The second kappa shape index (κ2) is 8.71. The van der Waals surface area contributed by atoms with Crippen molar-refractivity contribution >= 4 is 12.1 Å². The average molecular weight is 423 g/mol. The number of alkyl carbamates (subject to hydrolysis) is 1. The van der Waals surface area contributed by atoms with Crippen LogP contribution in [0.25, 0.3) is 11.1 Å². The Morgan fingerprint density at radius 3 is 2.32 bits per heavy atom. The van der Waals surface area contributed by atoms with Gasteiger partial charge in [-0.05, 0) is 55.5 Å². The van der Waals surface area contributed by atoms with Gasteiger partial charge in [0, 0.05) is 25.0 Å². The first-order chi connectivity index (χ1) is 14.8. The van der Waals surface area contributed by atoms with E-state index in [-0.39, 0.29) is 12.0 Å². The lowest BCUT2D eigenvalue weighted by molar-refractivity contribution is -0.148. The van der Waals surface area contributed by atoms with Gasteiger partial charge in [0.2, 0.25) is 0 Å². The summed E-state index contributed by atoms with van der Waals surface area (Å²) >= 11 is 0. The number of hydrogen-bond donors (Lipinski definition) is 2. The van der Waals surface area contributed by atoms with E-state index in [1.54, 1.807) is 13.8 Å². The van der Waals surface area contributed by atoms with Gasteiger partial charge in [-0.1, -0.05) is 48.5 Å². The van der Waals surface area contributed by atoms with Crippen LogP contribution in [0, 0.1) is 5.41 Å². The minimum absolute atomic E-state index is 0.0333. The van der Waals surface area contributed by atoms with Crippen LogP contribution in [0.1, 0.15) is 43.7 Å². The zero-order valence-corrected chi connectivity index (χ0v) is 18.1. The van der Waals surface area contributed by atoms with Crippen LogP contribution < -0.4 is 5.32 Å². The Balaban J connectivity index is 1.34. The van der Waals surface area contributed by atoms with Crippen LogP contribution >= 0.6 is 0 Å². The van der Waals surface area contributed by atoms with E-state index >= 15 is 0 Å². The van der Waals surface area contributed by atoms with Crippen molar-refractivity contribution in [2.45, 2.75) is 38.6 Å². The molecule has 1 aliphatic carbocycles. The average Bonchev–Trinajstić information content (AvgIpc) is 3.06. The highest BCUT2D eigenvalue weighted by Gasteiger charge is 2.33. The molecule has 1 fully saturated rings. The Bertz CT molecular complexity index is 926. The molecule has 1 aliphatic heterocycles. The molecule has 6 nitrogen and oxygen atoms in total. The first-order valence-electron chi connectivity index (χ1n) is 10.9. The van der Waals surface area contributed by atoms with Crippen LogP contribution in [0.15, 0.2) is 48.5 Å². The molecule has 2 aromatic rings. The summed E-state index contributed by atoms with van der Waals surface area (Å²) in [5.41, 5.74) is 3.98. The normalized spacial score (nSPS) is 18.8. The fraction of sp³-hybridized carbons (Fsp3) is 0.440. The fourth-order valence-corrected chi connectivity index (χ4v) is 4.75. The summed E-state index contributed by atoms with van der Waals surface area (Å²) in [5.74, 6) is -0.767. The van der Waals surface area contributed by atoms with Crippen molar-refractivity contribution in [3.05, 3.63) is 59.7 Å². The van der Waals surface area contributed by atoms with Gasteiger partial charge in [-0.3, -0.25) is 4.79 Å². The molecule has 2 aliphatic rings. The Morgan fingerprint density at radius 2 is 1.71 bits per heavy atom. The molecule has 1 unspecified atom stereocenters. The summed E-state index contributed by atoms with van der Waals surface area (Å²) in [5, 5.41) is 12.4. The second-order valence-electron chi connectivity index (χ2n) is 9.23. The highest BCUT2D eigenvalue weighted by molar-refractivity contribution is 5.79. The zero-order valence-electron chi connectivity index (χ0n) is 18.1. The van der Waals surface area contributed by atoms with Gasteiger partial charge >= 0.3 is 12.1 Å². The van der Waals surface area contributed by atoms with Gasteiger partial charge in [0.15, 0.2) is 0 Å². The van der Waals surface area contributed by atoms with Crippen LogP contribution in [0.4, 0.5) is 4.79 Å². The lowest BCUT2D eigenvalue weighted by Crippen LogP contribution is -2.51. The molecule has 4 rings (SSSR count). The molecule has 2 aromatic carbocycles. The van der Waals surface area contributed by atoms with E-state index in [2.05, 4.69) is 34.5 Å². The first-order valence-corrected chi connectivity index (χ1v) is 10.9. The smallest absolute Gasteiger partial charge is 0.407 e. The summed E-state index contributed by atoms with van der Waals surface area (Å²) in [6.07, 6.45) is 1.38. The van der Waals surface area contributed by atoms with Gasteiger partial charge in [0.25, 0.3) is 0 Å². The van der Waals surface area contributed by atoms with E-state index in [0.29, 0.717) is 19.7 Å². The minimum Gasteiger partial charge on any atom is -0.481 e. The number of hydrogen-bond acceptors (Lipinski definition) is 4. The van der Waals surface area contributed by atoms with Crippen molar-refractivity contribution in [1.82, 2.24) is 10.2 Å². The molecule has 0 saturated carbocycles. The van der Waals surface area contributed by atoms with E-state index < -0.39 is 17.5 Å². The highest BCUT2D eigenvalue weighted by atomic mass is 16.5. The second-order valence-corrected chi connectivity index (χ2v) is 9.23. The largest absolute Gasteiger partial charge is 0.481 e. The van der Waals surface area contributed by atoms with Gasteiger partial charge in [-0.2, -0.15) is 0 Å². The quantitative estimate of drug-likeness (QED) is 0.733. The monoisotopic (exact) mass is 422 g/mol. The van der Waals surface area contributed by atoms with Crippen molar-refractivity contribution in [3.63, 3.8) is 0 Å². The molecule has 31 heavy (non-hydrogen) atoms. The summed E-state index contributed by atoms with van der Waals surface area (Å²) in [7, 11) is 0. The molecule has 0 aromatic heterocycles. The standard InChI is InChI=1S/C25H30N2O4/c1-25(2,23(28)29)16-27-13-7-8-17(14-27)26-24(30)31-15-22-20-11-5-3-9-18(20)19-10-4-6-12-21(19)22/h3-6,9-12,17,22H,7-8,13-16H2,1-2H3,(H,26,30)(H,28,29). The fourth-order valence-electron chi connectivity index (χ4n) is 4.75.